The van der Waals surface area contributed by atoms with Crippen LogP contribution in [0.25, 0.3) is 0 Å². The van der Waals surface area contributed by atoms with E-state index in [1.807, 2.05) is 13.0 Å². The molecular weight excluding hydrogens is 314 g/mol. The van der Waals surface area contributed by atoms with Gasteiger partial charge < -0.3 is 9.47 Å². The molecule has 0 amide bonds. The van der Waals surface area contributed by atoms with E-state index in [1.54, 1.807) is 12.1 Å². The van der Waals surface area contributed by atoms with Gasteiger partial charge in [-0.15, -0.1) is 0 Å². The quantitative estimate of drug-likeness (QED) is 0.864. The molecule has 0 aromatic heterocycles. The molecule has 5 nitrogen and oxygen atoms in total. The summed E-state index contributed by atoms with van der Waals surface area (Å²) in [4.78, 5) is 0.192. The Kier molecular flexibility index (Phi) is 6.06. The topological polar surface area (TPSA) is 64.6 Å². The highest BCUT2D eigenvalue weighted by atomic mass is 32.2. The number of nitrogens with one attached hydrogen (secondary N) is 1. The average Bonchev–Trinajstić information content (AvgIpc) is 2.53. The fraction of sp³-hybridized carbons (Fsp3) is 0.647. The first-order valence-electron chi connectivity index (χ1n) is 8.11. The van der Waals surface area contributed by atoms with Crippen LogP contribution in [-0.2, 0) is 14.8 Å². The fourth-order valence-electron chi connectivity index (χ4n) is 3.11. The first-order chi connectivity index (χ1) is 10.8. The van der Waals surface area contributed by atoms with Gasteiger partial charge in [-0.1, -0.05) is 19.9 Å². The molecule has 2 unspecified atom stereocenters. The van der Waals surface area contributed by atoms with Crippen molar-refractivity contribution in [1.82, 2.24) is 4.72 Å². The average molecular weight is 341 g/mol. The van der Waals surface area contributed by atoms with Crippen molar-refractivity contribution in [3.8, 4) is 5.75 Å². The van der Waals surface area contributed by atoms with Crippen LogP contribution in [0.15, 0.2) is 23.1 Å². The lowest BCUT2D eigenvalue weighted by atomic mass is 9.88. The molecule has 0 spiro atoms. The van der Waals surface area contributed by atoms with Crippen LogP contribution in [0.1, 0.15) is 32.3 Å². The Morgan fingerprint density at radius 2 is 2.13 bits per heavy atom. The molecule has 2 atom stereocenters. The van der Waals surface area contributed by atoms with Gasteiger partial charge in [0, 0.05) is 13.2 Å². The smallest absolute Gasteiger partial charge is 0.244 e. The zero-order valence-electron chi connectivity index (χ0n) is 14.3. The second-order valence-corrected chi connectivity index (χ2v) is 8.22. The van der Waals surface area contributed by atoms with Gasteiger partial charge in [-0.25, -0.2) is 13.1 Å². The molecule has 0 saturated carbocycles. The summed E-state index contributed by atoms with van der Waals surface area (Å²) in [5.41, 5.74) is 0.882. The summed E-state index contributed by atoms with van der Waals surface area (Å²) in [7, 11) is -2.12. The minimum atomic E-state index is -3.60. The van der Waals surface area contributed by atoms with Gasteiger partial charge in [0.2, 0.25) is 10.0 Å². The van der Waals surface area contributed by atoms with Crippen molar-refractivity contribution in [3.05, 3.63) is 23.8 Å². The number of benzene rings is 1. The van der Waals surface area contributed by atoms with Crippen LogP contribution in [0.4, 0.5) is 0 Å². The second kappa shape index (κ2) is 7.64. The largest absolute Gasteiger partial charge is 0.495 e. The highest BCUT2D eigenvalue weighted by Gasteiger charge is 2.30. The number of hydrogen-bond donors (Lipinski definition) is 1. The molecule has 0 radical (unpaired) electrons. The van der Waals surface area contributed by atoms with Gasteiger partial charge in [-0.3, -0.25) is 0 Å². The SMILES string of the molecule is COc1ccc(C)cc1S(=O)(=O)NCC1CCCOC1C(C)C. The van der Waals surface area contributed by atoms with Crippen molar-refractivity contribution in [2.45, 2.75) is 44.6 Å². The van der Waals surface area contributed by atoms with Gasteiger partial charge in [-0.2, -0.15) is 0 Å². The van der Waals surface area contributed by atoms with Crippen molar-refractivity contribution in [2.75, 3.05) is 20.3 Å². The highest BCUT2D eigenvalue weighted by Crippen LogP contribution is 2.28. The van der Waals surface area contributed by atoms with Crippen molar-refractivity contribution in [3.63, 3.8) is 0 Å². The molecule has 130 valence electrons. The molecule has 0 bridgehead atoms. The van der Waals surface area contributed by atoms with Gasteiger partial charge in [0.15, 0.2) is 0 Å². The van der Waals surface area contributed by atoms with E-state index in [9.17, 15) is 8.42 Å². The zero-order chi connectivity index (χ0) is 17.0. The Balaban J connectivity index is 2.14. The van der Waals surface area contributed by atoms with Gasteiger partial charge in [0.1, 0.15) is 10.6 Å². The van der Waals surface area contributed by atoms with Gasteiger partial charge in [0.25, 0.3) is 0 Å². The molecule has 1 saturated heterocycles. The minimum Gasteiger partial charge on any atom is -0.495 e. The monoisotopic (exact) mass is 341 g/mol. The lowest BCUT2D eigenvalue weighted by molar-refractivity contribution is -0.0502. The van der Waals surface area contributed by atoms with Gasteiger partial charge in [0.05, 0.1) is 13.2 Å². The Labute approximate surface area is 139 Å². The third-order valence-corrected chi connectivity index (χ3v) is 5.74. The zero-order valence-corrected chi connectivity index (χ0v) is 15.2. The maximum absolute atomic E-state index is 12.7. The van der Waals surface area contributed by atoms with Crippen LogP contribution in [0.3, 0.4) is 0 Å². The van der Waals surface area contributed by atoms with E-state index in [2.05, 4.69) is 18.6 Å². The Hall–Kier alpha value is -1.11. The summed E-state index contributed by atoms with van der Waals surface area (Å²) in [6.07, 6.45) is 2.06. The Morgan fingerprint density at radius 3 is 2.78 bits per heavy atom. The normalized spacial score (nSPS) is 22.3. The van der Waals surface area contributed by atoms with E-state index in [0.717, 1.165) is 25.0 Å². The molecule has 1 aliphatic rings. The first kappa shape index (κ1) is 18.2. The van der Waals surface area contributed by atoms with Crippen LogP contribution in [-0.4, -0.2) is 34.8 Å². The van der Waals surface area contributed by atoms with Crippen LogP contribution in [0.5, 0.6) is 5.75 Å². The molecular formula is C17H27NO4S. The van der Waals surface area contributed by atoms with E-state index in [0.29, 0.717) is 18.2 Å². The van der Waals surface area contributed by atoms with E-state index in [4.69, 9.17) is 9.47 Å². The summed E-state index contributed by atoms with van der Waals surface area (Å²) in [5.74, 6) is 0.941. The number of ether oxygens (including phenoxy) is 2. The van der Waals surface area contributed by atoms with E-state index >= 15 is 0 Å². The number of sulfonamides is 1. The predicted octanol–water partition coefficient (Wildman–Crippen LogP) is 2.73. The molecule has 6 heteroatoms. The number of hydrogen-bond acceptors (Lipinski definition) is 4. The van der Waals surface area contributed by atoms with Gasteiger partial charge >= 0.3 is 0 Å². The molecule has 23 heavy (non-hydrogen) atoms. The first-order valence-corrected chi connectivity index (χ1v) is 9.59. The third-order valence-electron chi connectivity index (χ3n) is 4.30. The minimum absolute atomic E-state index is 0.103. The third kappa shape index (κ3) is 4.46. The number of rotatable bonds is 6. The van der Waals surface area contributed by atoms with Crippen molar-refractivity contribution in [1.29, 1.82) is 0 Å². The molecule has 1 heterocycles. The molecule has 2 rings (SSSR count). The standard InChI is InChI=1S/C17H27NO4S/c1-12(2)17-14(6-5-9-22-17)11-18-23(19,20)16-10-13(3)7-8-15(16)21-4/h7-8,10,12,14,17-18H,5-6,9,11H2,1-4H3. The summed E-state index contributed by atoms with van der Waals surface area (Å²) < 4.78 is 39.1. The van der Waals surface area contributed by atoms with Crippen molar-refractivity contribution >= 4 is 10.0 Å². The molecule has 1 aromatic rings. The van der Waals surface area contributed by atoms with Crippen LogP contribution >= 0.6 is 0 Å². The van der Waals surface area contributed by atoms with Crippen LogP contribution in [0.2, 0.25) is 0 Å². The fourth-order valence-corrected chi connectivity index (χ4v) is 4.45. The molecule has 1 N–H and O–H groups in total. The Morgan fingerprint density at radius 1 is 1.39 bits per heavy atom. The van der Waals surface area contributed by atoms with E-state index < -0.39 is 10.0 Å². The number of aryl methyl sites for hydroxylation is 1. The molecule has 0 aliphatic carbocycles. The van der Waals surface area contributed by atoms with Crippen molar-refractivity contribution in [2.24, 2.45) is 11.8 Å². The summed E-state index contributed by atoms with van der Waals surface area (Å²) in [6.45, 7) is 7.24. The lowest BCUT2D eigenvalue weighted by Gasteiger charge is -2.34. The summed E-state index contributed by atoms with van der Waals surface area (Å²) >= 11 is 0. The summed E-state index contributed by atoms with van der Waals surface area (Å²) in [5, 5.41) is 0. The molecule has 1 fully saturated rings. The summed E-state index contributed by atoms with van der Waals surface area (Å²) in [6, 6.07) is 5.16. The Bertz CT molecular complexity index is 627. The molecule has 1 aliphatic heterocycles. The van der Waals surface area contributed by atoms with Gasteiger partial charge in [-0.05, 0) is 49.3 Å². The van der Waals surface area contributed by atoms with E-state index in [1.165, 1.54) is 7.11 Å². The van der Waals surface area contributed by atoms with E-state index in [-0.39, 0.29) is 16.9 Å². The predicted molar refractivity (Wildman–Crippen MR) is 90.2 cm³/mol. The van der Waals surface area contributed by atoms with Crippen molar-refractivity contribution < 1.29 is 17.9 Å². The lowest BCUT2D eigenvalue weighted by Crippen LogP contribution is -2.41. The number of methoxy groups -OCH3 is 1. The maximum Gasteiger partial charge on any atom is 0.244 e. The maximum atomic E-state index is 12.7. The highest BCUT2D eigenvalue weighted by molar-refractivity contribution is 7.89. The van der Waals surface area contributed by atoms with Crippen LogP contribution < -0.4 is 9.46 Å². The molecule has 1 aromatic carbocycles. The second-order valence-electron chi connectivity index (χ2n) is 6.49. The van der Waals surface area contributed by atoms with Crippen LogP contribution in [0, 0.1) is 18.8 Å².